The summed E-state index contributed by atoms with van der Waals surface area (Å²) in [5.41, 5.74) is 5.01. The third-order valence-electron chi connectivity index (χ3n) is 7.25. The molecule has 3 heterocycles. The maximum Gasteiger partial charge on any atom is 0.254 e. The number of rotatable bonds is 6. The molecule has 0 N–H and O–H groups in total. The number of amides is 1. The molecule has 35 heavy (non-hydrogen) atoms. The van der Waals surface area contributed by atoms with E-state index in [9.17, 15) is 9.59 Å². The molecule has 0 atom stereocenters. The molecule has 0 bridgehead atoms. The molecule has 0 spiro atoms. The molecule has 2 aliphatic heterocycles. The molecular weight excluding hydrogens is 436 g/mol. The lowest BCUT2D eigenvalue weighted by atomic mass is 9.90. The smallest absolute Gasteiger partial charge is 0.254 e. The number of anilines is 1. The number of ketones is 1. The van der Waals surface area contributed by atoms with Gasteiger partial charge in [0.1, 0.15) is 17.9 Å². The normalized spacial score (nSPS) is 16.1. The van der Waals surface area contributed by atoms with Gasteiger partial charge in [-0.2, -0.15) is 0 Å². The standard InChI is InChI=1S/C29H32N4O2/c1-2-6-27(34)23-13-16-32(17-14-23)28-25-19-33(18-15-26(25)30-20-31-28)29(35)24-11-9-22(10-12-24)21-7-4-3-5-8-21/h3-5,7-12,20,23H,2,6,13-19H2,1H3. The Kier molecular flexibility index (Phi) is 6.89. The van der Waals surface area contributed by atoms with E-state index in [4.69, 9.17) is 0 Å². The highest BCUT2D eigenvalue weighted by Crippen LogP contribution is 2.30. The van der Waals surface area contributed by atoms with Crippen LogP contribution in [0.4, 0.5) is 5.82 Å². The van der Waals surface area contributed by atoms with Gasteiger partial charge in [-0.3, -0.25) is 9.59 Å². The Hall–Kier alpha value is -3.54. The highest BCUT2D eigenvalue weighted by atomic mass is 16.2. The van der Waals surface area contributed by atoms with Gasteiger partial charge in [-0.05, 0) is 42.5 Å². The largest absolute Gasteiger partial charge is 0.356 e. The van der Waals surface area contributed by atoms with E-state index < -0.39 is 0 Å². The zero-order chi connectivity index (χ0) is 24.2. The van der Waals surface area contributed by atoms with E-state index in [1.807, 2.05) is 47.4 Å². The molecule has 0 unspecified atom stereocenters. The van der Waals surface area contributed by atoms with Crippen molar-refractivity contribution >= 4 is 17.5 Å². The molecule has 5 rings (SSSR count). The van der Waals surface area contributed by atoms with Gasteiger partial charge in [0.05, 0.1) is 12.2 Å². The molecule has 6 nitrogen and oxygen atoms in total. The summed E-state index contributed by atoms with van der Waals surface area (Å²) in [7, 11) is 0. The minimum atomic E-state index is 0.0361. The van der Waals surface area contributed by atoms with Crippen molar-refractivity contribution in [3.63, 3.8) is 0 Å². The maximum atomic E-state index is 13.4. The van der Waals surface area contributed by atoms with Gasteiger partial charge < -0.3 is 9.80 Å². The first-order valence-electron chi connectivity index (χ1n) is 12.7. The van der Waals surface area contributed by atoms with E-state index in [0.717, 1.165) is 67.0 Å². The van der Waals surface area contributed by atoms with Gasteiger partial charge in [0.2, 0.25) is 0 Å². The van der Waals surface area contributed by atoms with Crippen molar-refractivity contribution in [2.75, 3.05) is 24.5 Å². The third-order valence-corrected chi connectivity index (χ3v) is 7.25. The van der Waals surface area contributed by atoms with Crippen LogP contribution >= 0.6 is 0 Å². The molecule has 1 fully saturated rings. The van der Waals surface area contributed by atoms with Crippen LogP contribution in [0.15, 0.2) is 60.9 Å². The van der Waals surface area contributed by atoms with E-state index in [0.29, 0.717) is 30.9 Å². The van der Waals surface area contributed by atoms with Crippen LogP contribution in [0.1, 0.15) is 54.2 Å². The van der Waals surface area contributed by atoms with E-state index in [1.165, 1.54) is 0 Å². The number of Topliss-reactive ketones (excluding diaryl/α,β-unsaturated/α-hetero) is 1. The number of piperidine rings is 1. The van der Waals surface area contributed by atoms with Crippen molar-refractivity contribution in [1.82, 2.24) is 14.9 Å². The van der Waals surface area contributed by atoms with Gasteiger partial charge in [0.15, 0.2) is 0 Å². The Labute approximate surface area is 207 Å². The zero-order valence-corrected chi connectivity index (χ0v) is 20.3. The Bertz CT molecular complexity index is 1190. The predicted octanol–water partition coefficient (Wildman–Crippen LogP) is 4.93. The van der Waals surface area contributed by atoms with Gasteiger partial charge in [0.25, 0.3) is 5.91 Å². The van der Waals surface area contributed by atoms with Gasteiger partial charge in [0, 0.05) is 49.5 Å². The number of nitrogens with zero attached hydrogens (tertiary/aromatic N) is 4. The second-order valence-corrected chi connectivity index (χ2v) is 9.52. The Balaban J connectivity index is 1.29. The SMILES string of the molecule is CCCC(=O)C1CCN(c2ncnc3c2CN(C(=O)c2ccc(-c4ccccc4)cc2)CC3)CC1. The van der Waals surface area contributed by atoms with Crippen LogP contribution in [0.5, 0.6) is 0 Å². The summed E-state index contributed by atoms with van der Waals surface area (Å²) in [5, 5.41) is 0. The van der Waals surface area contributed by atoms with Crippen LogP contribution in [0.2, 0.25) is 0 Å². The lowest BCUT2D eigenvalue weighted by Gasteiger charge is -2.36. The number of fused-ring (bicyclic) bond motifs is 1. The molecule has 180 valence electrons. The fourth-order valence-corrected chi connectivity index (χ4v) is 5.25. The molecule has 1 saturated heterocycles. The van der Waals surface area contributed by atoms with Crippen molar-refractivity contribution in [2.45, 2.75) is 45.6 Å². The van der Waals surface area contributed by atoms with Crippen molar-refractivity contribution in [2.24, 2.45) is 5.92 Å². The lowest BCUT2D eigenvalue weighted by molar-refractivity contribution is -0.123. The third kappa shape index (κ3) is 4.97. The summed E-state index contributed by atoms with van der Waals surface area (Å²) in [6, 6.07) is 18.0. The fourth-order valence-electron chi connectivity index (χ4n) is 5.25. The van der Waals surface area contributed by atoms with Gasteiger partial charge in [-0.15, -0.1) is 0 Å². The second-order valence-electron chi connectivity index (χ2n) is 9.52. The van der Waals surface area contributed by atoms with Gasteiger partial charge >= 0.3 is 0 Å². The zero-order valence-electron chi connectivity index (χ0n) is 20.3. The Morgan fingerprint density at radius 1 is 0.914 bits per heavy atom. The first-order chi connectivity index (χ1) is 17.1. The van der Waals surface area contributed by atoms with Gasteiger partial charge in [-0.1, -0.05) is 49.4 Å². The molecule has 6 heteroatoms. The van der Waals surface area contributed by atoms with Crippen LogP contribution < -0.4 is 4.90 Å². The van der Waals surface area contributed by atoms with Crippen molar-refractivity contribution in [3.05, 3.63) is 77.7 Å². The minimum Gasteiger partial charge on any atom is -0.356 e. The van der Waals surface area contributed by atoms with Crippen molar-refractivity contribution in [3.8, 4) is 11.1 Å². The first kappa shape index (κ1) is 23.2. The number of carbonyl (C=O) groups excluding carboxylic acids is 2. The van der Waals surface area contributed by atoms with Crippen molar-refractivity contribution < 1.29 is 9.59 Å². The highest BCUT2D eigenvalue weighted by molar-refractivity contribution is 5.95. The van der Waals surface area contributed by atoms with Crippen LogP contribution in [-0.4, -0.2) is 46.2 Å². The van der Waals surface area contributed by atoms with E-state index in [1.54, 1.807) is 6.33 Å². The summed E-state index contributed by atoms with van der Waals surface area (Å²) < 4.78 is 0. The molecule has 3 aromatic rings. The van der Waals surface area contributed by atoms with E-state index in [2.05, 4.69) is 33.9 Å². The molecule has 1 aromatic heterocycles. The monoisotopic (exact) mass is 468 g/mol. The van der Waals surface area contributed by atoms with E-state index >= 15 is 0 Å². The fraction of sp³-hybridized carbons (Fsp3) is 0.379. The molecule has 0 radical (unpaired) electrons. The quantitative estimate of drug-likeness (QED) is 0.513. The summed E-state index contributed by atoms with van der Waals surface area (Å²) in [4.78, 5) is 39.0. The topological polar surface area (TPSA) is 66.4 Å². The average molecular weight is 469 g/mol. The van der Waals surface area contributed by atoms with Crippen LogP contribution in [0.25, 0.3) is 11.1 Å². The number of hydrogen-bond donors (Lipinski definition) is 0. The summed E-state index contributed by atoms with van der Waals surface area (Å²) in [6.45, 7) is 4.86. The summed E-state index contributed by atoms with van der Waals surface area (Å²) >= 11 is 0. The number of hydrogen-bond acceptors (Lipinski definition) is 5. The van der Waals surface area contributed by atoms with Crippen LogP contribution in [0.3, 0.4) is 0 Å². The van der Waals surface area contributed by atoms with E-state index in [-0.39, 0.29) is 11.8 Å². The molecular formula is C29H32N4O2. The molecule has 0 saturated carbocycles. The predicted molar refractivity (Wildman–Crippen MR) is 137 cm³/mol. The summed E-state index contributed by atoms with van der Waals surface area (Å²) in [5.74, 6) is 1.52. The number of aromatic nitrogens is 2. The maximum absolute atomic E-state index is 13.4. The average Bonchev–Trinajstić information content (AvgIpc) is 2.93. The molecule has 2 aromatic carbocycles. The Morgan fingerprint density at radius 3 is 2.34 bits per heavy atom. The number of benzene rings is 2. The highest BCUT2D eigenvalue weighted by Gasteiger charge is 2.30. The first-order valence-corrected chi connectivity index (χ1v) is 12.7. The Morgan fingerprint density at radius 2 is 1.63 bits per heavy atom. The summed E-state index contributed by atoms with van der Waals surface area (Å²) in [6.07, 6.45) is 5.70. The van der Waals surface area contributed by atoms with Crippen molar-refractivity contribution in [1.29, 1.82) is 0 Å². The molecule has 0 aliphatic carbocycles. The van der Waals surface area contributed by atoms with Crippen LogP contribution in [-0.2, 0) is 17.8 Å². The minimum absolute atomic E-state index is 0.0361. The molecule has 1 amide bonds. The number of carbonyl (C=O) groups is 2. The van der Waals surface area contributed by atoms with Crippen LogP contribution in [0, 0.1) is 5.92 Å². The molecule has 2 aliphatic rings. The lowest BCUT2D eigenvalue weighted by Crippen LogP contribution is -2.40. The second kappa shape index (κ2) is 10.4. The van der Waals surface area contributed by atoms with Gasteiger partial charge in [-0.25, -0.2) is 9.97 Å².